The summed E-state index contributed by atoms with van der Waals surface area (Å²) < 4.78 is 5.51. The molecule has 1 saturated heterocycles. The summed E-state index contributed by atoms with van der Waals surface area (Å²) in [5, 5.41) is 2.35. The minimum absolute atomic E-state index is 0.363. The van der Waals surface area contributed by atoms with Crippen LogP contribution in [0, 0.1) is 11.3 Å². The van der Waals surface area contributed by atoms with Crippen molar-refractivity contribution in [2.75, 3.05) is 26.8 Å². The maximum Gasteiger partial charge on any atom is 0.0522 e. The van der Waals surface area contributed by atoms with Crippen LogP contribution in [0.2, 0.25) is 0 Å². The van der Waals surface area contributed by atoms with E-state index < -0.39 is 0 Å². The van der Waals surface area contributed by atoms with E-state index in [2.05, 4.69) is 0 Å². The van der Waals surface area contributed by atoms with Gasteiger partial charge in [0.25, 0.3) is 0 Å². The van der Waals surface area contributed by atoms with E-state index >= 15 is 0 Å². The van der Waals surface area contributed by atoms with Crippen LogP contribution in [0.1, 0.15) is 38.5 Å². The van der Waals surface area contributed by atoms with Crippen LogP contribution in [-0.2, 0) is 4.74 Å². The van der Waals surface area contributed by atoms with E-state index in [-0.39, 0.29) is 0 Å². The molecule has 0 bridgehead atoms. The summed E-state index contributed by atoms with van der Waals surface area (Å²) in [5.41, 5.74) is 0.363. The highest BCUT2D eigenvalue weighted by Crippen LogP contribution is 2.46. The van der Waals surface area contributed by atoms with Gasteiger partial charge in [0.1, 0.15) is 0 Å². The third kappa shape index (κ3) is 3.14. The Hall–Kier alpha value is 0.170. The zero-order valence-corrected chi connectivity index (χ0v) is 11.6. The van der Waals surface area contributed by atoms with E-state index in [0.29, 0.717) is 10.8 Å². The molecule has 1 heterocycles. The summed E-state index contributed by atoms with van der Waals surface area (Å²) >= 11 is 6.21. The number of hydrogen-bond acceptors (Lipinski definition) is 3. The van der Waals surface area contributed by atoms with Crippen molar-refractivity contribution in [3.05, 3.63) is 0 Å². The molecule has 17 heavy (non-hydrogen) atoms. The average molecular weight is 261 g/mol. The molecule has 0 aromatic heterocycles. The number of ether oxygens (including phenoxy) is 1. The molecule has 0 amide bonds. The van der Waals surface area contributed by atoms with Gasteiger partial charge < -0.3 is 4.74 Å². The Morgan fingerprint density at radius 1 is 1.24 bits per heavy atom. The van der Waals surface area contributed by atoms with Crippen molar-refractivity contribution in [2.45, 2.75) is 43.9 Å². The first-order valence-electron chi connectivity index (χ1n) is 6.79. The molecule has 0 aromatic rings. The standard InChI is InChI=1S/C13H25ClN2O/c1-17-10-13(6-8-16(15)9-7-13)11-2-4-12(14)5-3-11/h11-12H,2-10,15H2,1H3. The van der Waals surface area contributed by atoms with Crippen LogP contribution in [0.15, 0.2) is 0 Å². The van der Waals surface area contributed by atoms with Gasteiger partial charge in [-0.25, -0.2) is 5.01 Å². The Labute approximate surface area is 110 Å². The molecule has 1 aliphatic carbocycles. The van der Waals surface area contributed by atoms with Crippen LogP contribution in [0.4, 0.5) is 0 Å². The number of nitrogens with two attached hydrogens (primary N) is 1. The lowest BCUT2D eigenvalue weighted by atomic mass is 9.64. The molecular formula is C13H25ClN2O. The molecule has 2 rings (SSSR count). The van der Waals surface area contributed by atoms with Crippen molar-refractivity contribution in [1.29, 1.82) is 0 Å². The van der Waals surface area contributed by atoms with Crippen molar-refractivity contribution in [3.63, 3.8) is 0 Å². The molecule has 2 fully saturated rings. The fourth-order valence-electron chi connectivity index (χ4n) is 3.59. The largest absolute Gasteiger partial charge is 0.384 e. The molecule has 1 saturated carbocycles. The van der Waals surface area contributed by atoms with E-state index in [1.54, 1.807) is 0 Å². The van der Waals surface area contributed by atoms with E-state index in [4.69, 9.17) is 22.2 Å². The van der Waals surface area contributed by atoms with Gasteiger partial charge in [-0.3, -0.25) is 5.84 Å². The Balaban J connectivity index is 2.00. The lowest BCUT2D eigenvalue weighted by Gasteiger charge is -2.47. The number of alkyl halides is 1. The van der Waals surface area contributed by atoms with Crippen LogP contribution in [0.3, 0.4) is 0 Å². The van der Waals surface area contributed by atoms with Crippen molar-refractivity contribution in [3.8, 4) is 0 Å². The van der Waals surface area contributed by atoms with Crippen molar-refractivity contribution >= 4 is 11.6 Å². The molecule has 0 aromatic carbocycles. The first-order valence-corrected chi connectivity index (χ1v) is 7.22. The molecule has 100 valence electrons. The molecule has 3 nitrogen and oxygen atoms in total. The summed E-state index contributed by atoms with van der Waals surface area (Å²) in [5.74, 6) is 6.66. The highest BCUT2D eigenvalue weighted by Gasteiger charge is 2.42. The second-order valence-electron chi connectivity index (χ2n) is 5.78. The summed E-state index contributed by atoms with van der Waals surface area (Å²) in [7, 11) is 1.82. The number of hydrogen-bond donors (Lipinski definition) is 1. The summed E-state index contributed by atoms with van der Waals surface area (Å²) in [6.07, 6.45) is 7.22. The maximum absolute atomic E-state index is 6.21. The molecule has 0 radical (unpaired) electrons. The van der Waals surface area contributed by atoms with Gasteiger partial charge in [0.2, 0.25) is 0 Å². The van der Waals surface area contributed by atoms with Crippen LogP contribution in [0.25, 0.3) is 0 Å². The highest BCUT2D eigenvalue weighted by molar-refractivity contribution is 6.20. The quantitative estimate of drug-likeness (QED) is 0.626. The average Bonchev–Trinajstić information content (AvgIpc) is 2.34. The van der Waals surface area contributed by atoms with Gasteiger partial charge in [-0.15, -0.1) is 11.6 Å². The minimum atomic E-state index is 0.363. The number of halogens is 1. The fourth-order valence-corrected chi connectivity index (χ4v) is 3.84. The third-order valence-corrected chi connectivity index (χ3v) is 5.18. The smallest absolute Gasteiger partial charge is 0.0522 e. The lowest BCUT2D eigenvalue weighted by Crippen LogP contribution is -2.49. The number of methoxy groups -OCH3 is 1. The van der Waals surface area contributed by atoms with Gasteiger partial charge in [0.05, 0.1) is 6.61 Å². The van der Waals surface area contributed by atoms with Crippen LogP contribution in [0.5, 0.6) is 0 Å². The monoisotopic (exact) mass is 260 g/mol. The normalized spacial score (nSPS) is 34.8. The van der Waals surface area contributed by atoms with Gasteiger partial charge in [0, 0.05) is 25.6 Å². The molecule has 1 aliphatic heterocycles. The Bertz CT molecular complexity index is 234. The SMILES string of the molecule is COCC1(C2CCC(Cl)CC2)CCN(N)CC1. The summed E-state index contributed by atoms with van der Waals surface area (Å²) in [6, 6.07) is 0. The van der Waals surface area contributed by atoms with Gasteiger partial charge in [-0.2, -0.15) is 0 Å². The van der Waals surface area contributed by atoms with Crippen molar-refractivity contribution in [2.24, 2.45) is 17.2 Å². The van der Waals surface area contributed by atoms with Crippen LogP contribution < -0.4 is 5.84 Å². The third-order valence-electron chi connectivity index (χ3n) is 4.75. The first kappa shape index (κ1) is 13.6. The zero-order valence-electron chi connectivity index (χ0n) is 10.8. The molecular weight excluding hydrogens is 236 g/mol. The second-order valence-corrected chi connectivity index (χ2v) is 6.40. The molecule has 4 heteroatoms. The second kappa shape index (κ2) is 5.87. The van der Waals surface area contributed by atoms with E-state index in [1.807, 2.05) is 12.1 Å². The number of nitrogens with zero attached hydrogens (tertiary/aromatic N) is 1. The number of hydrazine groups is 1. The Morgan fingerprint density at radius 2 is 1.82 bits per heavy atom. The molecule has 0 unspecified atom stereocenters. The molecule has 2 aliphatic rings. The van der Waals surface area contributed by atoms with Gasteiger partial charge >= 0.3 is 0 Å². The van der Waals surface area contributed by atoms with Gasteiger partial charge in [-0.05, 0) is 49.9 Å². The fraction of sp³-hybridized carbons (Fsp3) is 1.00. The predicted octanol–water partition coefficient (Wildman–Crippen LogP) is 2.39. The summed E-state index contributed by atoms with van der Waals surface area (Å²) in [6.45, 7) is 2.90. The van der Waals surface area contributed by atoms with Crippen molar-refractivity contribution < 1.29 is 4.74 Å². The minimum Gasteiger partial charge on any atom is -0.384 e. The van der Waals surface area contributed by atoms with E-state index in [9.17, 15) is 0 Å². The summed E-state index contributed by atoms with van der Waals surface area (Å²) in [4.78, 5) is 0. The Kier molecular flexibility index (Phi) is 4.70. The maximum atomic E-state index is 6.21. The van der Waals surface area contributed by atoms with Crippen LogP contribution >= 0.6 is 11.6 Å². The molecule has 0 atom stereocenters. The van der Waals surface area contributed by atoms with E-state index in [0.717, 1.165) is 25.6 Å². The van der Waals surface area contributed by atoms with Crippen LogP contribution in [-0.4, -0.2) is 37.2 Å². The van der Waals surface area contributed by atoms with Crippen molar-refractivity contribution in [1.82, 2.24) is 5.01 Å². The first-order chi connectivity index (χ1) is 8.16. The molecule has 2 N–H and O–H groups in total. The lowest BCUT2D eigenvalue weighted by molar-refractivity contribution is -0.0327. The van der Waals surface area contributed by atoms with Gasteiger partial charge in [-0.1, -0.05) is 0 Å². The van der Waals surface area contributed by atoms with E-state index in [1.165, 1.54) is 38.5 Å². The topological polar surface area (TPSA) is 38.5 Å². The number of piperidine rings is 1. The predicted molar refractivity (Wildman–Crippen MR) is 70.9 cm³/mol. The van der Waals surface area contributed by atoms with Gasteiger partial charge in [0.15, 0.2) is 0 Å². The highest BCUT2D eigenvalue weighted by atomic mass is 35.5. The number of rotatable bonds is 3. The molecule has 0 spiro atoms. The Morgan fingerprint density at radius 3 is 2.35 bits per heavy atom. The zero-order chi connectivity index (χ0) is 12.3.